The molecule has 2 aromatic rings. The molecule has 0 bridgehead atoms. The van der Waals surface area contributed by atoms with Crippen LogP contribution in [0.25, 0.3) is 0 Å². The topological polar surface area (TPSA) is 48.0 Å². The average Bonchev–Trinajstić information content (AvgIpc) is 3.10. The molecule has 1 atom stereocenters. The number of rotatable bonds is 8. The lowest BCUT2D eigenvalue weighted by molar-refractivity contribution is 0.290. The number of nitrogens with zero attached hydrogens (tertiary/aromatic N) is 2. The Labute approximate surface area is 197 Å². The molecule has 5 heteroatoms. The third-order valence-electron chi connectivity index (χ3n) is 6.34. The van der Waals surface area contributed by atoms with Gasteiger partial charge in [-0.25, -0.2) is 0 Å². The van der Waals surface area contributed by atoms with Crippen molar-refractivity contribution in [1.29, 1.82) is 0 Å². The van der Waals surface area contributed by atoms with Crippen LogP contribution in [0.1, 0.15) is 25.3 Å². The number of allylic oxidation sites excluding steroid dienone is 2. The summed E-state index contributed by atoms with van der Waals surface area (Å²) in [4.78, 5) is 5.09. The summed E-state index contributed by atoms with van der Waals surface area (Å²) in [5.41, 5.74) is 4.62. The largest absolute Gasteiger partial charge is 0.509 e. The molecular formula is C28H35N3O2. The van der Waals surface area contributed by atoms with Gasteiger partial charge in [-0.05, 0) is 69.1 Å². The normalized spacial score (nSPS) is 19.1. The van der Waals surface area contributed by atoms with Crippen LogP contribution in [0.15, 0.2) is 84.7 Å². The molecule has 2 heterocycles. The Morgan fingerprint density at radius 3 is 2.76 bits per heavy atom. The van der Waals surface area contributed by atoms with E-state index in [1.54, 1.807) is 6.08 Å². The summed E-state index contributed by atoms with van der Waals surface area (Å²) >= 11 is 0. The molecule has 0 radical (unpaired) electrons. The van der Waals surface area contributed by atoms with Gasteiger partial charge in [0.25, 0.3) is 0 Å². The van der Waals surface area contributed by atoms with Crippen molar-refractivity contribution in [2.24, 2.45) is 0 Å². The zero-order chi connectivity index (χ0) is 23.0. The fourth-order valence-electron chi connectivity index (χ4n) is 4.51. The van der Waals surface area contributed by atoms with Crippen LogP contribution in [0.4, 0.5) is 11.4 Å². The van der Waals surface area contributed by atoms with Crippen molar-refractivity contribution in [3.05, 3.63) is 90.2 Å². The predicted molar refractivity (Wildman–Crippen MR) is 137 cm³/mol. The van der Waals surface area contributed by atoms with Crippen molar-refractivity contribution in [1.82, 2.24) is 4.90 Å². The third-order valence-corrected chi connectivity index (χ3v) is 6.34. The highest BCUT2D eigenvalue weighted by molar-refractivity contribution is 5.69. The van der Waals surface area contributed by atoms with Crippen LogP contribution in [0.5, 0.6) is 5.75 Å². The predicted octanol–water partition coefficient (Wildman–Crippen LogP) is 5.54. The van der Waals surface area contributed by atoms with Gasteiger partial charge in [0.05, 0.1) is 5.69 Å². The van der Waals surface area contributed by atoms with Gasteiger partial charge in [-0.2, -0.15) is 0 Å². The number of aliphatic hydroxyl groups excluding tert-OH is 1. The van der Waals surface area contributed by atoms with Crippen LogP contribution in [0.3, 0.4) is 0 Å². The summed E-state index contributed by atoms with van der Waals surface area (Å²) in [6.45, 7) is 11.0. The standard InChI is InChI=1S/C28H35N3O2/c1-3-24(13-12-22(2)32)28-29-26-21-25(14-15-27(26)33-28)31-18-8-17-30(19-20-31)16-7-11-23-9-5-4-6-10-23/h3-6,9-10,12-15,21,28-29,32H,2,7-8,11,16-20H2,1H3/b13-12-,24-3+. The Hall–Kier alpha value is -3.18. The Bertz CT molecular complexity index is 999. The lowest BCUT2D eigenvalue weighted by atomic mass is 10.1. The molecular weight excluding hydrogens is 410 g/mol. The first-order valence-corrected chi connectivity index (χ1v) is 11.9. The van der Waals surface area contributed by atoms with Crippen molar-refractivity contribution < 1.29 is 9.84 Å². The van der Waals surface area contributed by atoms with Crippen LogP contribution < -0.4 is 15.0 Å². The number of anilines is 2. The molecule has 0 saturated carbocycles. The number of aliphatic hydroxyl groups is 1. The van der Waals surface area contributed by atoms with Gasteiger partial charge in [0.2, 0.25) is 0 Å². The number of fused-ring (bicyclic) bond motifs is 1. The lowest BCUT2D eigenvalue weighted by Crippen LogP contribution is -2.31. The first kappa shape index (κ1) is 23.0. The summed E-state index contributed by atoms with van der Waals surface area (Å²) in [5.74, 6) is 0.888. The van der Waals surface area contributed by atoms with Crippen molar-refractivity contribution in [3.63, 3.8) is 0 Å². The molecule has 2 aliphatic rings. The van der Waals surface area contributed by atoms with Gasteiger partial charge in [0.15, 0.2) is 6.23 Å². The van der Waals surface area contributed by atoms with E-state index >= 15 is 0 Å². The fourth-order valence-corrected chi connectivity index (χ4v) is 4.51. The van der Waals surface area contributed by atoms with Crippen LogP contribution in [0.2, 0.25) is 0 Å². The van der Waals surface area contributed by atoms with Gasteiger partial charge >= 0.3 is 0 Å². The van der Waals surface area contributed by atoms with E-state index in [9.17, 15) is 5.11 Å². The highest BCUT2D eigenvalue weighted by Gasteiger charge is 2.25. The van der Waals surface area contributed by atoms with Crippen molar-refractivity contribution in [3.8, 4) is 5.75 Å². The molecule has 1 unspecified atom stereocenters. The zero-order valence-electron chi connectivity index (χ0n) is 19.5. The summed E-state index contributed by atoms with van der Waals surface area (Å²) in [5, 5.41) is 12.8. The number of hydrogen-bond donors (Lipinski definition) is 2. The maximum absolute atomic E-state index is 9.36. The second kappa shape index (κ2) is 11.1. The molecule has 33 heavy (non-hydrogen) atoms. The molecule has 1 saturated heterocycles. The minimum absolute atomic E-state index is 0.0300. The Kier molecular flexibility index (Phi) is 7.74. The molecule has 2 N–H and O–H groups in total. The van der Waals surface area contributed by atoms with Crippen LogP contribution in [-0.2, 0) is 6.42 Å². The zero-order valence-corrected chi connectivity index (χ0v) is 19.5. The molecule has 4 rings (SSSR count). The van der Waals surface area contributed by atoms with Crippen molar-refractivity contribution in [2.75, 3.05) is 42.9 Å². The Morgan fingerprint density at radius 1 is 1.12 bits per heavy atom. The van der Waals surface area contributed by atoms with Crippen LogP contribution >= 0.6 is 0 Å². The molecule has 0 aromatic heterocycles. The fraction of sp³-hybridized carbons (Fsp3) is 0.357. The molecule has 0 aliphatic carbocycles. The molecule has 5 nitrogen and oxygen atoms in total. The SMILES string of the molecule is C=C(O)/C=C\C(=C/C)C1Nc2cc(N3CCCN(CCCc4ccccc4)CC3)ccc2O1. The maximum atomic E-state index is 9.36. The number of aryl methyl sites for hydroxylation is 1. The average molecular weight is 446 g/mol. The van der Waals surface area contributed by atoms with E-state index in [1.807, 2.05) is 19.1 Å². The van der Waals surface area contributed by atoms with E-state index in [4.69, 9.17) is 4.74 Å². The number of nitrogens with one attached hydrogen (secondary N) is 1. The molecule has 2 aliphatic heterocycles. The second-order valence-electron chi connectivity index (χ2n) is 8.71. The second-order valence-corrected chi connectivity index (χ2v) is 8.71. The van der Waals surface area contributed by atoms with Crippen LogP contribution in [0, 0.1) is 0 Å². The third kappa shape index (κ3) is 6.20. The van der Waals surface area contributed by atoms with Gasteiger partial charge in [-0.1, -0.05) is 49.1 Å². The smallest absolute Gasteiger partial charge is 0.196 e. The Morgan fingerprint density at radius 2 is 1.97 bits per heavy atom. The quantitative estimate of drug-likeness (QED) is 0.413. The van der Waals surface area contributed by atoms with E-state index in [2.05, 4.69) is 70.2 Å². The summed E-state index contributed by atoms with van der Waals surface area (Å²) < 4.78 is 6.09. The summed E-state index contributed by atoms with van der Waals surface area (Å²) in [6.07, 6.45) is 8.65. The first-order valence-electron chi connectivity index (χ1n) is 11.9. The maximum Gasteiger partial charge on any atom is 0.196 e. The van der Waals surface area contributed by atoms with Crippen molar-refractivity contribution >= 4 is 11.4 Å². The summed E-state index contributed by atoms with van der Waals surface area (Å²) in [6, 6.07) is 17.2. The van der Waals surface area contributed by atoms with E-state index in [1.165, 1.54) is 24.1 Å². The number of hydrogen-bond acceptors (Lipinski definition) is 5. The monoisotopic (exact) mass is 445 g/mol. The van der Waals surface area contributed by atoms with E-state index in [-0.39, 0.29) is 12.0 Å². The first-order chi connectivity index (χ1) is 16.1. The Balaban J connectivity index is 1.31. The highest BCUT2D eigenvalue weighted by atomic mass is 16.5. The molecule has 1 fully saturated rings. The van der Waals surface area contributed by atoms with Crippen molar-refractivity contribution in [2.45, 2.75) is 32.4 Å². The van der Waals surface area contributed by atoms with Gasteiger partial charge < -0.3 is 25.0 Å². The lowest BCUT2D eigenvalue weighted by Gasteiger charge is -2.24. The van der Waals surface area contributed by atoms with Gasteiger partial charge in [-0.15, -0.1) is 0 Å². The van der Waals surface area contributed by atoms with Gasteiger partial charge in [-0.3, -0.25) is 0 Å². The van der Waals surface area contributed by atoms with Gasteiger partial charge in [0, 0.05) is 30.9 Å². The van der Waals surface area contributed by atoms with E-state index in [0.717, 1.165) is 56.2 Å². The molecule has 0 spiro atoms. The summed E-state index contributed by atoms with van der Waals surface area (Å²) in [7, 11) is 0. The van der Waals surface area contributed by atoms with E-state index in [0.29, 0.717) is 0 Å². The number of benzene rings is 2. The molecule has 0 amide bonds. The molecule has 174 valence electrons. The number of ether oxygens (including phenoxy) is 1. The van der Waals surface area contributed by atoms with Gasteiger partial charge in [0.1, 0.15) is 11.5 Å². The minimum Gasteiger partial charge on any atom is -0.509 e. The highest BCUT2D eigenvalue weighted by Crippen LogP contribution is 2.37. The van der Waals surface area contributed by atoms with E-state index < -0.39 is 0 Å². The molecule has 2 aromatic carbocycles. The minimum atomic E-state index is -0.264. The van der Waals surface area contributed by atoms with Crippen LogP contribution in [-0.4, -0.2) is 49.0 Å².